The molecule has 1 fully saturated rings. The topological polar surface area (TPSA) is 52.7 Å². The Hall–Kier alpha value is -1.59. The zero-order valence-electron chi connectivity index (χ0n) is 14.6. The van der Waals surface area contributed by atoms with Gasteiger partial charge in [-0.05, 0) is 50.6 Å². The summed E-state index contributed by atoms with van der Waals surface area (Å²) in [5.74, 6) is 0.289. The van der Waals surface area contributed by atoms with Crippen molar-refractivity contribution in [3.63, 3.8) is 0 Å². The molecule has 1 aliphatic rings. The molecular weight excluding hydrogens is 326 g/mol. The normalized spacial score (nSPS) is 17.3. The van der Waals surface area contributed by atoms with Crippen LogP contribution >= 0.6 is 11.6 Å². The van der Waals surface area contributed by atoms with E-state index in [1.165, 1.54) is 0 Å². The molecule has 0 spiro atoms. The third-order valence-corrected chi connectivity index (χ3v) is 4.88. The molecule has 1 atom stereocenters. The zero-order valence-corrected chi connectivity index (χ0v) is 15.3. The first kappa shape index (κ1) is 18.7. The standard InChI is InChI=1S/C18H26ClN3O2/c1-13(17(23)20-12-14-4-6-16(19)7-5-14)22-10-8-15(9-11-22)18(24)21(2)3/h4-7,13,15H,8-12H2,1-3H3,(H,20,23). The minimum absolute atomic E-state index is 0.0161. The quantitative estimate of drug-likeness (QED) is 0.884. The van der Waals surface area contributed by atoms with Gasteiger partial charge in [0.15, 0.2) is 0 Å². The number of carbonyl (C=O) groups excluding carboxylic acids is 2. The Bertz CT molecular complexity index is 566. The van der Waals surface area contributed by atoms with E-state index in [0.717, 1.165) is 31.5 Å². The lowest BCUT2D eigenvalue weighted by atomic mass is 9.94. The van der Waals surface area contributed by atoms with Crippen LogP contribution in [0.25, 0.3) is 0 Å². The number of nitrogens with one attached hydrogen (secondary N) is 1. The van der Waals surface area contributed by atoms with Gasteiger partial charge in [-0.25, -0.2) is 0 Å². The van der Waals surface area contributed by atoms with Gasteiger partial charge in [-0.2, -0.15) is 0 Å². The zero-order chi connectivity index (χ0) is 17.7. The molecule has 2 rings (SSSR count). The van der Waals surface area contributed by atoms with E-state index >= 15 is 0 Å². The van der Waals surface area contributed by atoms with Crippen molar-refractivity contribution < 1.29 is 9.59 Å². The molecule has 1 aliphatic heterocycles. The summed E-state index contributed by atoms with van der Waals surface area (Å²) in [4.78, 5) is 28.2. The molecule has 0 aromatic heterocycles. The SMILES string of the molecule is CC(C(=O)NCc1ccc(Cl)cc1)N1CCC(C(=O)N(C)C)CC1. The Morgan fingerprint density at radius 3 is 2.38 bits per heavy atom. The lowest BCUT2D eigenvalue weighted by Crippen LogP contribution is -2.49. The van der Waals surface area contributed by atoms with Crippen molar-refractivity contribution in [3.8, 4) is 0 Å². The van der Waals surface area contributed by atoms with Gasteiger partial charge in [0.2, 0.25) is 11.8 Å². The molecule has 1 aromatic rings. The number of rotatable bonds is 5. The fourth-order valence-electron chi connectivity index (χ4n) is 3.00. The second kappa shape index (κ2) is 8.49. The van der Waals surface area contributed by atoms with Crippen molar-refractivity contribution in [2.24, 2.45) is 5.92 Å². The van der Waals surface area contributed by atoms with E-state index in [9.17, 15) is 9.59 Å². The number of amides is 2. The van der Waals surface area contributed by atoms with Gasteiger partial charge >= 0.3 is 0 Å². The molecule has 2 amide bonds. The Kier molecular flexibility index (Phi) is 6.63. The van der Waals surface area contributed by atoms with Crippen LogP contribution in [0.2, 0.25) is 5.02 Å². The average Bonchev–Trinajstić information content (AvgIpc) is 2.59. The van der Waals surface area contributed by atoms with Gasteiger partial charge in [0.25, 0.3) is 0 Å². The van der Waals surface area contributed by atoms with Crippen molar-refractivity contribution in [1.82, 2.24) is 15.1 Å². The summed E-state index contributed by atoms with van der Waals surface area (Å²) in [6, 6.07) is 7.27. The smallest absolute Gasteiger partial charge is 0.237 e. The maximum atomic E-state index is 12.4. The van der Waals surface area contributed by atoms with E-state index in [-0.39, 0.29) is 23.8 Å². The van der Waals surface area contributed by atoms with Gasteiger partial charge in [-0.15, -0.1) is 0 Å². The third kappa shape index (κ3) is 4.95. The summed E-state index contributed by atoms with van der Waals surface area (Å²) in [5.41, 5.74) is 1.02. The first-order valence-electron chi connectivity index (χ1n) is 8.36. The highest BCUT2D eigenvalue weighted by atomic mass is 35.5. The lowest BCUT2D eigenvalue weighted by Gasteiger charge is -2.35. The maximum absolute atomic E-state index is 12.4. The van der Waals surface area contributed by atoms with Gasteiger partial charge < -0.3 is 10.2 Å². The highest BCUT2D eigenvalue weighted by molar-refractivity contribution is 6.30. The van der Waals surface area contributed by atoms with Crippen LogP contribution in [-0.4, -0.2) is 54.8 Å². The number of hydrogen-bond donors (Lipinski definition) is 1. The van der Waals surface area contributed by atoms with Crippen molar-refractivity contribution >= 4 is 23.4 Å². The van der Waals surface area contributed by atoms with Gasteiger partial charge in [0, 0.05) is 31.6 Å². The van der Waals surface area contributed by atoms with Crippen molar-refractivity contribution in [2.75, 3.05) is 27.2 Å². The molecule has 1 unspecified atom stereocenters. The molecule has 5 nitrogen and oxygen atoms in total. The van der Waals surface area contributed by atoms with E-state index in [2.05, 4.69) is 10.2 Å². The van der Waals surface area contributed by atoms with E-state index in [0.29, 0.717) is 11.6 Å². The first-order valence-corrected chi connectivity index (χ1v) is 8.73. The summed E-state index contributed by atoms with van der Waals surface area (Å²) in [7, 11) is 3.59. The van der Waals surface area contributed by atoms with Crippen LogP contribution in [0, 0.1) is 5.92 Å². The highest BCUT2D eigenvalue weighted by Crippen LogP contribution is 2.20. The maximum Gasteiger partial charge on any atom is 0.237 e. The predicted octanol–water partition coefficient (Wildman–Crippen LogP) is 2.14. The van der Waals surface area contributed by atoms with Crippen molar-refractivity contribution in [2.45, 2.75) is 32.4 Å². The molecule has 1 aromatic carbocycles. The highest BCUT2D eigenvalue weighted by Gasteiger charge is 2.30. The largest absolute Gasteiger partial charge is 0.351 e. The van der Waals surface area contributed by atoms with Gasteiger partial charge in [-0.1, -0.05) is 23.7 Å². The molecule has 0 saturated carbocycles. The second-order valence-electron chi connectivity index (χ2n) is 6.56. The van der Waals surface area contributed by atoms with Crippen molar-refractivity contribution in [3.05, 3.63) is 34.9 Å². The van der Waals surface area contributed by atoms with Crippen molar-refractivity contribution in [1.29, 1.82) is 0 Å². The molecule has 1 N–H and O–H groups in total. The van der Waals surface area contributed by atoms with Crippen LogP contribution in [-0.2, 0) is 16.1 Å². The van der Waals surface area contributed by atoms with Crippen LogP contribution in [0.4, 0.5) is 0 Å². The van der Waals surface area contributed by atoms with E-state index in [1.807, 2.05) is 31.2 Å². The summed E-state index contributed by atoms with van der Waals surface area (Å²) < 4.78 is 0. The van der Waals surface area contributed by atoms with Crippen LogP contribution in [0.1, 0.15) is 25.3 Å². The Morgan fingerprint density at radius 1 is 1.25 bits per heavy atom. The van der Waals surface area contributed by atoms with E-state index in [4.69, 9.17) is 11.6 Å². The predicted molar refractivity (Wildman–Crippen MR) is 95.8 cm³/mol. The van der Waals surface area contributed by atoms with E-state index in [1.54, 1.807) is 19.0 Å². The number of piperidine rings is 1. The number of benzene rings is 1. The molecular formula is C18H26ClN3O2. The van der Waals surface area contributed by atoms with Crippen LogP contribution in [0.3, 0.4) is 0 Å². The molecule has 132 valence electrons. The summed E-state index contributed by atoms with van der Waals surface area (Å²) in [6.07, 6.45) is 1.62. The minimum Gasteiger partial charge on any atom is -0.351 e. The summed E-state index contributed by atoms with van der Waals surface area (Å²) in [5, 5.41) is 3.66. The van der Waals surface area contributed by atoms with Gasteiger partial charge in [0.05, 0.1) is 6.04 Å². The lowest BCUT2D eigenvalue weighted by molar-refractivity contribution is -0.135. The van der Waals surface area contributed by atoms with Gasteiger partial charge in [-0.3, -0.25) is 14.5 Å². The number of nitrogens with zero attached hydrogens (tertiary/aromatic N) is 2. The Morgan fingerprint density at radius 2 is 1.83 bits per heavy atom. The first-order chi connectivity index (χ1) is 11.4. The summed E-state index contributed by atoms with van der Waals surface area (Å²) >= 11 is 5.86. The van der Waals surface area contributed by atoms with Gasteiger partial charge in [0.1, 0.15) is 0 Å². The Labute approximate surface area is 149 Å². The number of hydrogen-bond acceptors (Lipinski definition) is 3. The third-order valence-electron chi connectivity index (χ3n) is 4.63. The fraction of sp³-hybridized carbons (Fsp3) is 0.556. The Balaban J connectivity index is 1.79. The number of halogens is 1. The molecule has 0 aliphatic carbocycles. The molecule has 24 heavy (non-hydrogen) atoms. The molecule has 0 bridgehead atoms. The number of likely N-dealkylation sites (tertiary alicyclic amines) is 1. The number of carbonyl (C=O) groups is 2. The summed E-state index contributed by atoms with van der Waals surface area (Å²) in [6.45, 7) is 3.97. The van der Waals surface area contributed by atoms with Crippen LogP contribution in [0.5, 0.6) is 0 Å². The van der Waals surface area contributed by atoms with Crippen LogP contribution in [0.15, 0.2) is 24.3 Å². The van der Waals surface area contributed by atoms with E-state index < -0.39 is 0 Å². The average molecular weight is 352 g/mol. The molecule has 1 saturated heterocycles. The molecule has 6 heteroatoms. The minimum atomic E-state index is -0.187. The molecule has 1 heterocycles. The fourth-order valence-corrected chi connectivity index (χ4v) is 3.13. The van der Waals surface area contributed by atoms with Crippen LogP contribution < -0.4 is 5.32 Å². The second-order valence-corrected chi connectivity index (χ2v) is 7.00. The monoisotopic (exact) mass is 351 g/mol. The molecule has 0 radical (unpaired) electrons.